The maximum absolute atomic E-state index is 14.5. The Morgan fingerprint density at radius 1 is 1.10 bits per heavy atom. The zero-order chi connectivity index (χ0) is 29.9. The van der Waals surface area contributed by atoms with Gasteiger partial charge in [-0.15, -0.1) is 0 Å². The highest BCUT2D eigenvalue weighted by molar-refractivity contribution is 7.80. The molecule has 1 saturated heterocycles. The molecule has 4 rings (SSSR count). The number of piperazine rings is 1. The average Bonchev–Trinajstić information content (AvgIpc) is 2.94. The third-order valence-corrected chi connectivity index (χ3v) is 7.72. The van der Waals surface area contributed by atoms with Gasteiger partial charge < -0.3 is 24.0 Å². The largest absolute Gasteiger partial charge is 0.755 e. The molecule has 1 N–H and O–H groups in total. The number of amides is 1. The third kappa shape index (κ3) is 7.14. The molecule has 13 heteroatoms. The molecule has 1 fully saturated rings. The molecule has 1 aliphatic heterocycles. The summed E-state index contributed by atoms with van der Waals surface area (Å²) in [6.07, 6.45) is -4.63. The van der Waals surface area contributed by atoms with Crippen LogP contribution in [0.5, 0.6) is 0 Å². The van der Waals surface area contributed by atoms with E-state index >= 15 is 0 Å². The first kappa shape index (κ1) is 30.3. The lowest BCUT2D eigenvalue weighted by Crippen LogP contribution is -2.47. The summed E-state index contributed by atoms with van der Waals surface area (Å²) >= 11 is -2.67. The topological polar surface area (TPSA) is 91.8 Å². The molecule has 0 radical (unpaired) electrons. The molecule has 8 nitrogen and oxygen atoms in total. The van der Waals surface area contributed by atoms with Gasteiger partial charge in [0.15, 0.2) is 0 Å². The van der Waals surface area contributed by atoms with Crippen LogP contribution in [-0.4, -0.2) is 52.9 Å². The Morgan fingerprint density at radius 2 is 1.78 bits per heavy atom. The Bertz CT molecular complexity index is 1430. The van der Waals surface area contributed by atoms with Crippen LogP contribution in [0.2, 0.25) is 0 Å². The van der Waals surface area contributed by atoms with Crippen LogP contribution in [0.3, 0.4) is 0 Å². The molecule has 41 heavy (non-hydrogen) atoms. The van der Waals surface area contributed by atoms with Crippen molar-refractivity contribution < 1.29 is 31.1 Å². The number of aryl methyl sites for hydroxylation is 1. The maximum atomic E-state index is 14.5. The summed E-state index contributed by atoms with van der Waals surface area (Å²) in [6.45, 7) is 5.51. The van der Waals surface area contributed by atoms with Crippen LogP contribution >= 0.6 is 0 Å². The van der Waals surface area contributed by atoms with Gasteiger partial charge in [-0.2, -0.15) is 13.2 Å². The molecule has 1 aromatic heterocycles. The van der Waals surface area contributed by atoms with E-state index in [1.807, 2.05) is 25.1 Å². The molecule has 0 aliphatic carbocycles. The van der Waals surface area contributed by atoms with E-state index < -0.39 is 40.8 Å². The van der Waals surface area contributed by atoms with Gasteiger partial charge in [-0.1, -0.05) is 24.3 Å². The third-order valence-electron chi connectivity index (χ3n) is 7.07. The molecule has 1 aliphatic rings. The molecule has 0 bridgehead atoms. The predicted octanol–water partition coefficient (Wildman–Crippen LogP) is 4.52. The van der Waals surface area contributed by atoms with E-state index in [2.05, 4.69) is 21.3 Å². The molecule has 3 aromatic rings. The highest BCUT2D eigenvalue weighted by Gasteiger charge is 2.34. The van der Waals surface area contributed by atoms with Crippen molar-refractivity contribution in [3.05, 3.63) is 82.8 Å². The van der Waals surface area contributed by atoms with Crippen LogP contribution in [0.25, 0.3) is 0 Å². The average molecular weight is 593 g/mol. The number of nitrogens with one attached hydrogen (secondary N) is 1. The summed E-state index contributed by atoms with van der Waals surface area (Å²) in [4.78, 5) is 20.8. The molecular formula is C28H30F4N5O3S-. The quantitative estimate of drug-likeness (QED) is 0.306. The number of hydrogen-bond donors (Lipinski definition) is 1. The number of aromatic nitrogens is 1. The summed E-state index contributed by atoms with van der Waals surface area (Å²) < 4.78 is 78.1. The lowest BCUT2D eigenvalue weighted by molar-refractivity contribution is -0.141. The highest BCUT2D eigenvalue weighted by Crippen LogP contribution is 2.32. The van der Waals surface area contributed by atoms with Crippen molar-refractivity contribution >= 4 is 34.4 Å². The van der Waals surface area contributed by atoms with Gasteiger partial charge in [0, 0.05) is 62.3 Å². The van der Waals surface area contributed by atoms with E-state index in [9.17, 15) is 31.1 Å². The van der Waals surface area contributed by atoms with E-state index in [1.165, 1.54) is 25.2 Å². The molecule has 2 atom stereocenters. The van der Waals surface area contributed by atoms with Gasteiger partial charge in [0.1, 0.15) is 17.3 Å². The summed E-state index contributed by atoms with van der Waals surface area (Å²) in [5, 5.41) is 2.72. The minimum atomic E-state index is -4.63. The second kappa shape index (κ2) is 12.4. The van der Waals surface area contributed by atoms with Crippen LogP contribution in [-0.2, 0) is 28.8 Å². The molecule has 1 amide bonds. The Morgan fingerprint density at radius 3 is 2.39 bits per heavy atom. The van der Waals surface area contributed by atoms with Gasteiger partial charge in [0.25, 0.3) is 0 Å². The van der Waals surface area contributed by atoms with Crippen molar-refractivity contribution in [2.45, 2.75) is 32.5 Å². The first-order chi connectivity index (χ1) is 19.3. The first-order valence-electron chi connectivity index (χ1n) is 12.9. The summed E-state index contributed by atoms with van der Waals surface area (Å²) in [6, 6.07) is 14.0. The number of alkyl halides is 3. The van der Waals surface area contributed by atoms with Crippen molar-refractivity contribution in [2.75, 3.05) is 47.3 Å². The van der Waals surface area contributed by atoms with E-state index in [-0.39, 0.29) is 18.1 Å². The minimum Gasteiger partial charge on any atom is -0.755 e. The van der Waals surface area contributed by atoms with Gasteiger partial charge in [-0.05, 0) is 55.3 Å². The normalized spacial score (nSPS) is 15.4. The summed E-state index contributed by atoms with van der Waals surface area (Å²) in [5.41, 5.74) is 1.70. The van der Waals surface area contributed by atoms with E-state index in [0.29, 0.717) is 37.3 Å². The number of anilines is 3. The number of nitrogens with zero attached hydrogens (tertiary/aromatic N) is 4. The number of halogens is 4. The molecular weight excluding hydrogens is 562 g/mol. The van der Waals surface area contributed by atoms with E-state index in [0.717, 1.165) is 27.7 Å². The van der Waals surface area contributed by atoms with Crippen molar-refractivity contribution in [2.24, 2.45) is 0 Å². The lowest BCUT2D eigenvalue weighted by Gasteiger charge is -2.37. The second-order valence-corrected chi connectivity index (χ2v) is 10.8. The SMILES string of the molecule is Cc1cccc(N2CCN(c3nc(C(F)(F)F)ccc3CNC(=O)C(C)c3ccc(N(C)S(=O)[O-])c(F)c3)CC2)c1. The summed E-state index contributed by atoms with van der Waals surface area (Å²) in [7, 11) is 1.19. The van der Waals surface area contributed by atoms with Crippen molar-refractivity contribution in [3.63, 3.8) is 0 Å². The van der Waals surface area contributed by atoms with Gasteiger partial charge >= 0.3 is 6.18 Å². The Balaban J connectivity index is 1.49. The van der Waals surface area contributed by atoms with Crippen molar-refractivity contribution in [1.29, 1.82) is 0 Å². The predicted molar refractivity (Wildman–Crippen MR) is 149 cm³/mol. The number of benzene rings is 2. The zero-order valence-electron chi connectivity index (χ0n) is 22.7. The molecule has 2 aromatic carbocycles. The Labute approximate surface area is 238 Å². The molecule has 0 spiro atoms. The molecule has 2 unspecified atom stereocenters. The number of carbonyl (C=O) groups excluding carboxylic acids is 1. The van der Waals surface area contributed by atoms with Gasteiger partial charge in [0.05, 0.1) is 11.6 Å². The van der Waals surface area contributed by atoms with E-state index in [4.69, 9.17) is 0 Å². The van der Waals surface area contributed by atoms with Crippen LogP contribution in [0.15, 0.2) is 54.6 Å². The first-order valence-corrected chi connectivity index (χ1v) is 13.9. The maximum Gasteiger partial charge on any atom is 0.433 e. The fourth-order valence-corrected chi connectivity index (χ4v) is 4.97. The summed E-state index contributed by atoms with van der Waals surface area (Å²) in [5.74, 6) is -1.95. The van der Waals surface area contributed by atoms with Crippen LogP contribution < -0.4 is 19.4 Å². The van der Waals surface area contributed by atoms with E-state index in [1.54, 1.807) is 11.8 Å². The fourth-order valence-electron chi connectivity index (χ4n) is 4.66. The molecule has 0 saturated carbocycles. The number of rotatable bonds is 8. The smallest absolute Gasteiger partial charge is 0.433 e. The van der Waals surface area contributed by atoms with Crippen molar-refractivity contribution in [3.8, 4) is 0 Å². The molecule has 220 valence electrons. The lowest BCUT2D eigenvalue weighted by atomic mass is 9.99. The fraction of sp³-hybridized carbons (Fsp3) is 0.357. The Kier molecular flexibility index (Phi) is 9.17. The number of carbonyl (C=O) groups is 1. The van der Waals surface area contributed by atoms with Crippen molar-refractivity contribution in [1.82, 2.24) is 10.3 Å². The second-order valence-electron chi connectivity index (χ2n) is 9.86. The number of hydrogen-bond acceptors (Lipinski definition) is 6. The minimum absolute atomic E-state index is 0.0831. The highest BCUT2D eigenvalue weighted by atomic mass is 32.2. The standard InChI is InChI=1S/C28H31F4N5O3S/c1-18-5-4-6-22(15-18)36-11-13-37(14-12-36)26-21(8-10-25(34-26)28(30,31)32)17-33-27(38)19(2)20-7-9-24(23(29)16-20)35(3)41(39)40/h4-10,15-16,19H,11-14,17H2,1-3H3,(H,33,38)(H,39,40)/p-1. The molecule has 2 heterocycles. The monoisotopic (exact) mass is 592 g/mol. The van der Waals surface area contributed by atoms with Gasteiger partial charge in [-0.25, -0.2) is 9.37 Å². The van der Waals surface area contributed by atoms with Crippen LogP contribution in [0.4, 0.5) is 34.8 Å². The van der Waals surface area contributed by atoms with Gasteiger partial charge in [0.2, 0.25) is 5.91 Å². The van der Waals surface area contributed by atoms with Crippen LogP contribution in [0.1, 0.15) is 35.2 Å². The Hall–Kier alpha value is -3.71. The van der Waals surface area contributed by atoms with Crippen LogP contribution in [0, 0.1) is 12.7 Å². The number of pyridine rings is 1. The van der Waals surface area contributed by atoms with Gasteiger partial charge in [-0.3, -0.25) is 9.00 Å². The zero-order valence-corrected chi connectivity index (χ0v) is 23.6.